The number of fused-ring (bicyclic) bond motifs is 1. The first-order valence-electron chi connectivity index (χ1n) is 3.49. The zero-order valence-corrected chi connectivity index (χ0v) is 5.80. The lowest BCUT2D eigenvalue weighted by Crippen LogP contribution is -2.49. The summed E-state index contributed by atoms with van der Waals surface area (Å²) in [4.78, 5) is 0. The van der Waals surface area contributed by atoms with Crippen LogP contribution in [0.5, 0.6) is 0 Å². The highest BCUT2D eigenvalue weighted by Crippen LogP contribution is 2.42. The number of hydrogen-bond donors (Lipinski definition) is 3. The van der Waals surface area contributed by atoms with Crippen molar-refractivity contribution in [1.82, 2.24) is 0 Å². The third kappa shape index (κ3) is 0.896. The summed E-state index contributed by atoms with van der Waals surface area (Å²) in [6.45, 7) is -0.0711. The number of hydrogen-bond acceptors (Lipinski definition) is 5. The molecule has 2 aliphatic heterocycles. The topological polar surface area (TPSA) is 82.5 Å². The molecule has 2 rings (SSSR count). The average molecular weight is 162 g/mol. The predicted octanol–water partition coefficient (Wildman–Crippen LogP) is -2.17. The molecule has 0 aliphatic carbocycles. The van der Waals surface area contributed by atoms with E-state index >= 15 is 0 Å². The monoisotopic (exact) mass is 162 g/mol. The summed E-state index contributed by atoms with van der Waals surface area (Å²) < 4.78 is 9.75. The molecule has 0 bridgehead atoms. The smallest absolute Gasteiger partial charge is 0.224 e. The van der Waals surface area contributed by atoms with Crippen LogP contribution in [0.25, 0.3) is 0 Å². The van der Waals surface area contributed by atoms with Crippen molar-refractivity contribution in [3.8, 4) is 0 Å². The van der Waals surface area contributed by atoms with Crippen LogP contribution < -0.4 is 0 Å². The predicted molar refractivity (Wildman–Crippen MR) is 32.7 cm³/mol. The standard InChI is InChI=1S/C6H10O5/c7-1-3-5(8)6(9)4(11-6)2-10-3/h3-5,7-9H,1-2H2. The van der Waals surface area contributed by atoms with Gasteiger partial charge < -0.3 is 24.8 Å². The van der Waals surface area contributed by atoms with E-state index < -0.39 is 24.1 Å². The molecule has 0 aromatic heterocycles. The largest absolute Gasteiger partial charge is 0.394 e. The van der Waals surface area contributed by atoms with E-state index in [0.29, 0.717) is 0 Å². The molecule has 2 fully saturated rings. The molecule has 2 heterocycles. The second-order valence-corrected chi connectivity index (χ2v) is 2.86. The first kappa shape index (κ1) is 7.45. The van der Waals surface area contributed by atoms with Crippen molar-refractivity contribution in [3.63, 3.8) is 0 Å². The summed E-state index contributed by atoms with van der Waals surface area (Å²) >= 11 is 0. The Labute approximate surface area is 63.2 Å². The molecule has 4 atom stereocenters. The highest BCUT2D eigenvalue weighted by atomic mass is 16.8. The lowest BCUT2D eigenvalue weighted by molar-refractivity contribution is -0.162. The average Bonchev–Trinajstić information content (AvgIpc) is 2.65. The molecule has 0 saturated carbocycles. The summed E-state index contributed by atoms with van der Waals surface area (Å²) in [5.41, 5.74) is 0. The molecule has 11 heavy (non-hydrogen) atoms. The first-order valence-corrected chi connectivity index (χ1v) is 3.49. The van der Waals surface area contributed by atoms with Crippen LogP contribution in [0.15, 0.2) is 0 Å². The van der Waals surface area contributed by atoms with Crippen molar-refractivity contribution in [1.29, 1.82) is 0 Å². The highest BCUT2D eigenvalue weighted by Gasteiger charge is 2.65. The number of epoxide rings is 1. The number of ether oxygens (including phenoxy) is 2. The minimum absolute atomic E-state index is 0.235. The van der Waals surface area contributed by atoms with Gasteiger partial charge in [-0.1, -0.05) is 0 Å². The van der Waals surface area contributed by atoms with Crippen molar-refractivity contribution in [3.05, 3.63) is 0 Å². The Morgan fingerprint density at radius 2 is 2.27 bits per heavy atom. The van der Waals surface area contributed by atoms with Crippen LogP contribution in [0.4, 0.5) is 0 Å². The molecule has 2 saturated heterocycles. The summed E-state index contributed by atoms with van der Waals surface area (Å²) in [5.74, 6) is -1.45. The quantitative estimate of drug-likeness (QED) is 0.382. The van der Waals surface area contributed by atoms with Crippen molar-refractivity contribution >= 4 is 0 Å². The summed E-state index contributed by atoms with van der Waals surface area (Å²) in [7, 11) is 0. The second kappa shape index (κ2) is 2.15. The molecule has 5 heteroatoms. The van der Waals surface area contributed by atoms with Crippen molar-refractivity contribution in [2.45, 2.75) is 24.1 Å². The normalized spacial score (nSPS) is 55.4. The Morgan fingerprint density at radius 1 is 1.55 bits per heavy atom. The van der Waals surface area contributed by atoms with Gasteiger partial charge in [-0.15, -0.1) is 0 Å². The van der Waals surface area contributed by atoms with Gasteiger partial charge in [0.2, 0.25) is 5.79 Å². The fourth-order valence-electron chi connectivity index (χ4n) is 1.33. The first-order chi connectivity index (χ1) is 5.18. The van der Waals surface area contributed by atoms with Gasteiger partial charge in [-0.25, -0.2) is 0 Å². The third-order valence-electron chi connectivity index (χ3n) is 2.15. The maximum Gasteiger partial charge on any atom is 0.224 e. The van der Waals surface area contributed by atoms with Gasteiger partial charge in [0, 0.05) is 0 Å². The SMILES string of the molecule is OCC1OCC2OC2(O)C1O. The molecule has 0 radical (unpaired) electrons. The zero-order chi connectivity index (χ0) is 8.06. The summed E-state index contributed by atoms with van der Waals surface area (Å²) in [6.07, 6.45) is -2.27. The van der Waals surface area contributed by atoms with E-state index in [4.69, 9.17) is 14.6 Å². The molecule has 64 valence electrons. The third-order valence-corrected chi connectivity index (χ3v) is 2.15. The number of rotatable bonds is 1. The molecular weight excluding hydrogens is 152 g/mol. The molecule has 0 amide bonds. The maximum absolute atomic E-state index is 9.36. The maximum atomic E-state index is 9.36. The van der Waals surface area contributed by atoms with Crippen molar-refractivity contribution in [2.24, 2.45) is 0 Å². The molecule has 0 aromatic carbocycles. The van der Waals surface area contributed by atoms with Crippen LogP contribution in [-0.4, -0.2) is 52.6 Å². The van der Waals surface area contributed by atoms with Crippen LogP contribution in [-0.2, 0) is 9.47 Å². The Kier molecular flexibility index (Phi) is 1.45. The van der Waals surface area contributed by atoms with E-state index in [9.17, 15) is 10.2 Å². The molecular formula is C6H10O5. The van der Waals surface area contributed by atoms with E-state index in [1.807, 2.05) is 0 Å². The Morgan fingerprint density at radius 3 is 2.91 bits per heavy atom. The van der Waals surface area contributed by atoms with Gasteiger partial charge >= 0.3 is 0 Å². The van der Waals surface area contributed by atoms with Crippen LogP contribution in [0.2, 0.25) is 0 Å². The Hall–Kier alpha value is -0.200. The number of aliphatic hydroxyl groups excluding tert-OH is 2. The van der Waals surface area contributed by atoms with Crippen LogP contribution in [0.1, 0.15) is 0 Å². The van der Waals surface area contributed by atoms with Crippen LogP contribution in [0, 0.1) is 0 Å². The van der Waals surface area contributed by atoms with Gasteiger partial charge in [0.25, 0.3) is 0 Å². The van der Waals surface area contributed by atoms with Crippen LogP contribution in [0.3, 0.4) is 0 Å². The van der Waals surface area contributed by atoms with Gasteiger partial charge in [0.05, 0.1) is 13.2 Å². The fourth-order valence-corrected chi connectivity index (χ4v) is 1.33. The van der Waals surface area contributed by atoms with Gasteiger partial charge in [0.15, 0.2) is 0 Å². The van der Waals surface area contributed by atoms with Gasteiger partial charge in [-0.05, 0) is 0 Å². The van der Waals surface area contributed by atoms with Gasteiger partial charge in [-0.2, -0.15) is 0 Å². The van der Waals surface area contributed by atoms with E-state index in [1.165, 1.54) is 0 Å². The minimum atomic E-state index is -1.45. The summed E-state index contributed by atoms with van der Waals surface area (Å²) in [5, 5.41) is 27.3. The number of aliphatic hydroxyl groups is 3. The fraction of sp³-hybridized carbons (Fsp3) is 1.00. The van der Waals surface area contributed by atoms with Crippen molar-refractivity contribution < 1.29 is 24.8 Å². The highest BCUT2D eigenvalue weighted by molar-refractivity contribution is 5.04. The second-order valence-electron chi connectivity index (χ2n) is 2.86. The molecule has 0 aromatic rings. The molecule has 5 nitrogen and oxygen atoms in total. The van der Waals surface area contributed by atoms with E-state index in [0.717, 1.165) is 0 Å². The van der Waals surface area contributed by atoms with Crippen LogP contribution >= 0.6 is 0 Å². The van der Waals surface area contributed by atoms with Gasteiger partial charge in [-0.3, -0.25) is 0 Å². The summed E-state index contributed by atoms with van der Waals surface area (Å²) in [6, 6.07) is 0. The molecule has 2 aliphatic rings. The van der Waals surface area contributed by atoms with Gasteiger partial charge in [0.1, 0.15) is 18.3 Å². The Bertz CT molecular complexity index is 172. The van der Waals surface area contributed by atoms with E-state index in [2.05, 4.69) is 0 Å². The lowest BCUT2D eigenvalue weighted by Gasteiger charge is -2.27. The molecule has 4 unspecified atom stereocenters. The van der Waals surface area contributed by atoms with E-state index in [-0.39, 0.29) is 13.2 Å². The lowest BCUT2D eigenvalue weighted by atomic mass is 10.0. The zero-order valence-electron chi connectivity index (χ0n) is 5.80. The minimum Gasteiger partial charge on any atom is -0.394 e. The van der Waals surface area contributed by atoms with E-state index in [1.54, 1.807) is 0 Å². The van der Waals surface area contributed by atoms with Crippen molar-refractivity contribution in [2.75, 3.05) is 13.2 Å². The molecule has 3 N–H and O–H groups in total. The Balaban J connectivity index is 2.08. The molecule has 0 spiro atoms.